The Bertz CT molecular complexity index is 1360. The number of ether oxygens (including phenoxy) is 1. The molecule has 0 saturated heterocycles. The molecule has 194 valence electrons. The van der Waals surface area contributed by atoms with Crippen LogP contribution in [-0.2, 0) is 32.1 Å². The third-order valence-corrected chi connectivity index (χ3v) is 6.37. The minimum atomic E-state index is -0.844. The molecule has 2 amide bonds. The molecule has 2 aromatic heterocycles. The molecule has 0 radical (unpaired) electrons. The lowest BCUT2D eigenvalue weighted by atomic mass is 9.92. The Hall–Kier alpha value is -4.14. The van der Waals surface area contributed by atoms with Crippen LogP contribution in [0.4, 0.5) is 0 Å². The highest BCUT2D eigenvalue weighted by Crippen LogP contribution is 2.21. The number of nitrogens with zero attached hydrogens (tertiary/aromatic N) is 1. The topological polar surface area (TPSA) is 129 Å². The van der Waals surface area contributed by atoms with E-state index < -0.39 is 17.9 Å². The van der Waals surface area contributed by atoms with Gasteiger partial charge in [0.1, 0.15) is 11.9 Å². The van der Waals surface area contributed by atoms with Gasteiger partial charge in [0.05, 0.1) is 31.1 Å². The number of H-pyrrole nitrogens is 2. The maximum absolute atomic E-state index is 13.4. The average Bonchev–Trinajstić information content (AvgIpc) is 3.49. The highest BCUT2D eigenvalue weighted by molar-refractivity contribution is 5.91. The van der Waals surface area contributed by atoms with Crippen LogP contribution in [0.2, 0.25) is 0 Å². The number of amides is 2. The van der Waals surface area contributed by atoms with Crippen LogP contribution in [0.15, 0.2) is 54.7 Å². The molecule has 9 heteroatoms. The zero-order valence-corrected chi connectivity index (χ0v) is 21.3. The number of para-hydroxylation sites is 3. The van der Waals surface area contributed by atoms with Crippen molar-refractivity contribution in [2.75, 3.05) is 7.11 Å². The van der Waals surface area contributed by atoms with Gasteiger partial charge in [-0.1, -0.05) is 44.2 Å². The molecule has 0 fully saturated rings. The molecule has 0 unspecified atom stereocenters. The number of fused-ring (bicyclic) bond motifs is 2. The number of aromatic amines is 2. The number of carbonyl (C=O) groups is 3. The van der Waals surface area contributed by atoms with Crippen LogP contribution in [-0.4, -0.2) is 45.9 Å². The van der Waals surface area contributed by atoms with Gasteiger partial charge in [-0.2, -0.15) is 0 Å². The number of imidazole rings is 1. The number of aromatic nitrogens is 3. The fraction of sp³-hybridized carbons (Fsp3) is 0.357. The summed E-state index contributed by atoms with van der Waals surface area (Å²) in [6.07, 6.45) is 2.60. The van der Waals surface area contributed by atoms with Crippen LogP contribution in [0.3, 0.4) is 0 Å². The summed E-state index contributed by atoms with van der Waals surface area (Å²) in [5, 5.41) is 6.81. The molecular weight excluding hydrogens is 470 g/mol. The van der Waals surface area contributed by atoms with E-state index in [1.807, 2.05) is 68.6 Å². The van der Waals surface area contributed by atoms with Crippen molar-refractivity contribution in [1.29, 1.82) is 0 Å². The Kier molecular flexibility index (Phi) is 8.22. The molecule has 2 heterocycles. The fourth-order valence-electron chi connectivity index (χ4n) is 4.54. The predicted octanol–water partition coefficient (Wildman–Crippen LogP) is 3.61. The molecule has 0 aliphatic rings. The van der Waals surface area contributed by atoms with Crippen LogP contribution in [0.5, 0.6) is 0 Å². The number of benzene rings is 2. The van der Waals surface area contributed by atoms with Gasteiger partial charge in [-0.05, 0) is 36.1 Å². The first-order chi connectivity index (χ1) is 17.8. The number of hydrogen-bond acceptors (Lipinski definition) is 5. The first-order valence-corrected chi connectivity index (χ1v) is 12.5. The van der Waals surface area contributed by atoms with Crippen molar-refractivity contribution in [3.05, 3.63) is 66.1 Å². The van der Waals surface area contributed by atoms with E-state index in [0.29, 0.717) is 12.2 Å². The van der Waals surface area contributed by atoms with Gasteiger partial charge in [0.25, 0.3) is 0 Å². The summed E-state index contributed by atoms with van der Waals surface area (Å²) in [5.41, 5.74) is 3.56. The second kappa shape index (κ2) is 11.7. The lowest BCUT2D eigenvalue weighted by Crippen LogP contribution is -2.50. The van der Waals surface area contributed by atoms with Gasteiger partial charge in [-0.15, -0.1) is 0 Å². The van der Waals surface area contributed by atoms with Crippen LogP contribution < -0.4 is 10.6 Å². The summed E-state index contributed by atoms with van der Waals surface area (Å²) in [7, 11) is 1.30. The van der Waals surface area contributed by atoms with E-state index in [1.54, 1.807) is 0 Å². The standard InChI is InChI=1S/C28H33N5O4/c1-17(2)12-18(14-26(34)37-3)27(35)33-24(13-19-15-29-21-9-5-4-8-20(19)21)28(36)30-16-25-31-22-10-6-7-11-23(22)32-25/h4-11,15,17-18,24,29H,12-14,16H2,1-3H3,(H,30,36)(H,31,32)(H,33,35)/t18-,24+/m1/s1. The molecule has 2 aromatic carbocycles. The van der Waals surface area contributed by atoms with Gasteiger partial charge < -0.3 is 25.3 Å². The molecular formula is C28H33N5O4. The minimum absolute atomic E-state index is 0.0408. The van der Waals surface area contributed by atoms with Gasteiger partial charge in [0.15, 0.2) is 0 Å². The SMILES string of the molecule is COC(=O)C[C@@H](CC(C)C)C(=O)N[C@@H](Cc1c[nH]c2ccccc12)C(=O)NCc1nc2ccccc2[nH]1. The smallest absolute Gasteiger partial charge is 0.306 e. The summed E-state index contributed by atoms with van der Waals surface area (Å²) in [4.78, 5) is 49.6. The molecule has 2 atom stereocenters. The van der Waals surface area contributed by atoms with E-state index >= 15 is 0 Å². The van der Waals surface area contributed by atoms with E-state index in [2.05, 4.69) is 25.6 Å². The van der Waals surface area contributed by atoms with E-state index in [0.717, 1.165) is 27.5 Å². The number of esters is 1. The van der Waals surface area contributed by atoms with Crippen LogP contribution in [0, 0.1) is 11.8 Å². The summed E-state index contributed by atoms with van der Waals surface area (Å²) in [5.74, 6) is -0.919. The van der Waals surface area contributed by atoms with Crippen LogP contribution in [0.25, 0.3) is 21.9 Å². The zero-order chi connectivity index (χ0) is 26.4. The van der Waals surface area contributed by atoms with Crippen LogP contribution >= 0.6 is 0 Å². The second-order valence-corrected chi connectivity index (χ2v) is 9.65. The molecule has 0 aliphatic heterocycles. The molecule has 0 aliphatic carbocycles. The van der Waals surface area contributed by atoms with Crippen molar-refractivity contribution < 1.29 is 19.1 Å². The molecule has 4 rings (SSSR count). The molecule has 4 N–H and O–H groups in total. The molecule has 0 spiro atoms. The molecule has 0 saturated carbocycles. The van der Waals surface area contributed by atoms with Gasteiger partial charge in [-0.25, -0.2) is 4.98 Å². The first kappa shape index (κ1) is 25.9. The Balaban J connectivity index is 1.53. The van der Waals surface area contributed by atoms with Gasteiger partial charge in [0, 0.05) is 29.4 Å². The van der Waals surface area contributed by atoms with E-state index in [4.69, 9.17) is 4.74 Å². The maximum Gasteiger partial charge on any atom is 0.306 e. The number of nitrogens with one attached hydrogen (secondary N) is 4. The van der Waals surface area contributed by atoms with Crippen molar-refractivity contribution in [2.24, 2.45) is 11.8 Å². The highest BCUT2D eigenvalue weighted by atomic mass is 16.5. The van der Waals surface area contributed by atoms with Crippen molar-refractivity contribution in [3.63, 3.8) is 0 Å². The van der Waals surface area contributed by atoms with Gasteiger partial charge in [0.2, 0.25) is 11.8 Å². The second-order valence-electron chi connectivity index (χ2n) is 9.65. The summed E-state index contributed by atoms with van der Waals surface area (Å²) >= 11 is 0. The predicted molar refractivity (Wildman–Crippen MR) is 141 cm³/mol. The minimum Gasteiger partial charge on any atom is -0.469 e. The third-order valence-electron chi connectivity index (χ3n) is 6.37. The lowest BCUT2D eigenvalue weighted by Gasteiger charge is -2.23. The summed E-state index contributed by atoms with van der Waals surface area (Å²) < 4.78 is 4.80. The van der Waals surface area contributed by atoms with Crippen molar-refractivity contribution >= 4 is 39.7 Å². The summed E-state index contributed by atoms with van der Waals surface area (Å²) in [6.45, 7) is 4.16. The fourth-order valence-corrected chi connectivity index (χ4v) is 4.54. The monoisotopic (exact) mass is 503 g/mol. The normalized spacial score (nSPS) is 13.0. The third kappa shape index (κ3) is 6.55. The van der Waals surface area contributed by atoms with E-state index in [1.165, 1.54) is 7.11 Å². The Morgan fingerprint density at radius 3 is 2.46 bits per heavy atom. The maximum atomic E-state index is 13.4. The Labute approximate surface area is 215 Å². The van der Waals surface area contributed by atoms with Gasteiger partial charge >= 0.3 is 5.97 Å². The molecule has 9 nitrogen and oxygen atoms in total. The van der Waals surface area contributed by atoms with Gasteiger partial charge in [-0.3, -0.25) is 14.4 Å². The largest absolute Gasteiger partial charge is 0.469 e. The van der Waals surface area contributed by atoms with E-state index in [-0.39, 0.29) is 37.1 Å². The average molecular weight is 504 g/mol. The quantitative estimate of drug-likeness (QED) is 0.232. The summed E-state index contributed by atoms with van der Waals surface area (Å²) in [6, 6.07) is 14.6. The molecule has 0 bridgehead atoms. The Morgan fingerprint density at radius 1 is 1.00 bits per heavy atom. The number of carbonyl (C=O) groups excluding carboxylic acids is 3. The van der Waals surface area contributed by atoms with Crippen molar-refractivity contribution in [3.8, 4) is 0 Å². The number of rotatable bonds is 11. The van der Waals surface area contributed by atoms with E-state index in [9.17, 15) is 14.4 Å². The van der Waals surface area contributed by atoms with Crippen molar-refractivity contribution in [2.45, 2.75) is 45.7 Å². The number of hydrogen-bond donors (Lipinski definition) is 4. The highest BCUT2D eigenvalue weighted by Gasteiger charge is 2.29. The first-order valence-electron chi connectivity index (χ1n) is 12.5. The Morgan fingerprint density at radius 2 is 1.73 bits per heavy atom. The lowest BCUT2D eigenvalue weighted by molar-refractivity contribution is -0.144. The van der Waals surface area contributed by atoms with Crippen LogP contribution in [0.1, 0.15) is 38.1 Å². The van der Waals surface area contributed by atoms with Crippen molar-refractivity contribution in [1.82, 2.24) is 25.6 Å². The zero-order valence-electron chi connectivity index (χ0n) is 21.3. The molecule has 4 aromatic rings. The number of methoxy groups -OCH3 is 1. The molecule has 37 heavy (non-hydrogen) atoms.